The topological polar surface area (TPSA) is 78.9 Å². The number of nitrogens with zero attached hydrogens (tertiary/aromatic N) is 1. The summed E-state index contributed by atoms with van der Waals surface area (Å²) in [7, 11) is 1.50. The van der Waals surface area contributed by atoms with Gasteiger partial charge >= 0.3 is 12.0 Å². The summed E-state index contributed by atoms with van der Waals surface area (Å²) >= 11 is 8.17. The minimum atomic E-state index is -1.04. The second kappa shape index (κ2) is 6.80. The molecule has 114 valence electrons. The van der Waals surface area contributed by atoms with Gasteiger partial charge in [-0.2, -0.15) is 0 Å². The third-order valence-corrected chi connectivity index (χ3v) is 4.30. The molecular weight excluding hydrogens is 411 g/mol. The van der Waals surface area contributed by atoms with E-state index < -0.39 is 18.0 Å². The van der Waals surface area contributed by atoms with E-state index in [1.54, 1.807) is 18.2 Å². The van der Waals surface area contributed by atoms with Crippen LogP contribution < -0.4 is 5.32 Å². The van der Waals surface area contributed by atoms with Gasteiger partial charge in [0.05, 0.1) is 16.8 Å². The number of urea groups is 1. The molecule has 1 aromatic rings. The van der Waals surface area contributed by atoms with Crippen LogP contribution >= 0.6 is 34.2 Å². The van der Waals surface area contributed by atoms with Gasteiger partial charge in [-0.25, -0.2) is 9.59 Å². The standard InChI is InChI=1S/C13H14ClIN2O4/c1-21-8-5-11(12(18)19)17(6-8)13(20)16-10-3-2-7(15)4-9(10)14/h2-4,8,11H,5-6H2,1H3,(H,16,20)(H,18,19). The number of carboxylic acid groups (broad SMARTS) is 1. The van der Waals surface area contributed by atoms with Crippen LogP contribution in [0.5, 0.6) is 0 Å². The van der Waals surface area contributed by atoms with E-state index in [0.717, 1.165) is 3.57 Å². The molecule has 1 heterocycles. The molecular formula is C13H14ClIN2O4. The maximum Gasteiger partial charge on any atom is 0.326 e. The quantitative estimate of drug-likeness (QED) is 0.731. The maximum absolute atomic E-state index is 12.3. The maximum atomic E-state index is 12.3. The van der Waals surface area contributed by atoms with Gasteiger partial charge in [0.2, 0.25) is 0 Å². The number of aliphatic carboxylic acids is 1. The zero-order valence-electron chi connectivity index (χ0n) is 11.2. The van der Waals surface area contributed by atoms with Crippen LogP contribution in [0.4, 0.5) is 10.5 Å². The number of likely N-dealkylation sites (tertiary alicyclic amines) is 1. The summed E-state index contributed by atoms with van der Waals surface area (Å²) in [6, 6.07) is 3.82. The molecule has 21 heavy (non-hydrogen) atoms. The molecule has 0 spiro atoms. The van der Waals surface area contributed by atoms with E-state index in [1.165, 1.54) is 12.0 Å². The van der Waals surface area contributed by atoms with E-state index >= 15 is 0 Å². The van der Waals surface area contributed by atoms with Crippen LogP contribution in [0.15, 0.2) is 18.2 Å². The number of carbonyl (C=O) groups excluding carboxylic acids is 1. The third-order valence-electron chi connectivity index (χ3n) is 3.31. The number of ether oxygens (including phenoxy) is 1. The van der Waals surface area contributed by atoms with Crippen LogP contribution in [0.1, 0.15) is 6.42 Å². The van der Waals surface area contributed by atoms with Gasteiger partial charge in [-0.3, -0.25) is 0 Å². The lowest BCUT2D eigenvalue weighted by Crippen LogP contribution is -2.43. The highest BCUT2D eigenvalue weighted by Gasteiger charge is 2.40. The fourth-order valence-electron chi connectivity index (χ4n) is 2.20. The molecule has 2 atom stereocenters. The molecule has 1 saturated heterocycles. The Morgan fingerprint density at radius 1 is 1.52 bits per heavy atom. The summed E-state index contributed by atoms with van der Waals surface area (Å²) in [4.78, 5) is 24.8. The van der Waals surface area contributed by atoms with Crippen LogP contribution in [0.2, 0.25) is 5.02 Å². The minimum absolute atomic E-state index is 0.237. The fourth-order valence-corrected chi connectivity index (χ4v) is 3.11. The lowest BCUT2D eigenvalue weighted by molar-refractivity contribution is -0.141. The number of methoxy groups -OCH3 is 1. The number of nitrogens with one attached hydrogen (secondary N) is 1. The summed E-state index contributed by atoms with van der Waals surface area (Å²) in [5, 5.41) is 12.2. The Morgan fingerprint density at radius 3 is 2.81 bits per heavy atom. The summed E-state index contributed by atoms with van der Waals surface area (Å²) < 4.78 is 6.09. The van der Waals surface area contributed by atoms with Crippen molar-refractivity contribution in [2.24, 2.45) is 0 Å². The molecule has 8 heteroatoms. The van der Waals surface area contributed by atoms with Crippen molar-refractivity contribution >= 4 is 51.9 Å². The largest absolute Gasteiger partial charge is 0.480 e. The first-order chi connectivity index (χ1) is 9.92. The number of hydrogen-bond donors (Lipinski definition) is 2. The smallest absolute Gasteiger partial charge is 0.326 e. The van der Waals surface area contributed by atoms with Gasteiger partial charge in [-0.15, -0.1) is 0 Å². The summed E-state index contributed by atoms with van der Waals surface area (Å²) in [6.45, 7) is 0.237. The van der Waals surface area contributed by atoms with Gasteiger partial charge in [-0.1, -0.05) is 11.6 Å². The van der Waals surface area contributed by atoms with Gasteiger partial charge in [0.25, 0.3) is 0 Å². The Labute approximate surface area is 140 Å². The molecule has 1 aliphatic rings. The minimum Gasteiger partial charge on any atom is -0.480 e. The average molecular weight is 425 g/mol. The molecule has 0 bridgehead atoms. The molecule has 6 nitrogen and oxygen atoms in total. The van der Waals surface area contributed by atoms with E-state index in [0.29, 0.717) is 10.7 Å². The zero-order valence-corrected chi connectivity index (χ0v) is 14.1. The van der Waals surface area contributed by atoms with Gasteiger partial charge in [0.15, 0.2) is 0 Å². The molecule has 2 rings (SSSR count). The normalized spacial score (nSPS) is 21.4. The lowest BCUT2D eigenvalue weighted by Gasteiger charge is -2.22. The van der Waals surface area contributed by atoms with Gasteiger partial charge < -0.3 is 20.1 Å². The van der Waals surface area contributed by atoms with E-state index in [1.807, 2.05) is 0 Å². The number of halogens is 2. The first kappa shape index (κ1) is 16.3. The molecule has 0 aliphatic carbocycles. The second-order valence-electron chi connectivity index (χ2n) is 4.65. The van der Waals surface area contributed by atoms with Gasteiger partial charge in [0, 0.05) is 23.6 Å². The number of carbonyl (C=O) groups is 2. The molecule has 2 amide bonds. The average Bonchev–Trinajstić information content (AvgIpc) is 2.86. The van der Waals surface area contributed by atoms with Crippen molar-refractivity contribution in [1.29, 1.82) is 0 Å². The number of rotatable bonds is 3. The highest BCUT2D eigenvalue weighted by atomic mass is 127. The number of anilines is 1. The highest BCUT2D eigenvalue weighted by Crippen LogP contribution is 2.26. The van der Waals surface area contributed by atoms with E-state index in [4.69, 9.17) is 16.3 Å². The SMILES string of the molecule is COC1CC(C(=O)O)N(C(=O)Nc2ccc(I)cc2Cl)C1. The lowest BCUT2D eigenvalue weighted by atomic mass is 10.2. The zero-order chi connectivity index (χ0) is 15.6. The van der Waals surface area contributed by atoms with E-state index in [-0.39, 0.29) is 19.1 Å². The second-order valence-corrected chi connectivity index (χ2v) is 6.31. The van der Waals surface area contributed by atoms with Crippen molar-refractivity contribution in [2.45, 2.75) is 18.6 Å². The highest BCUT2D eigenvalue weighted by molar-refractivity contribution is 14.1. The predicted molar refractivity (Wildman–Crippen MR) is 86.7 cm³/mol. The first-order valence-electron chi connectivity index (χ1n) is 6.20. The first-order valence-corrected chi connectivity index (χ1v) is 7.66. The molecule has 2 unspecified atom stereocenters. The van der Waals surface area contributed by atoms with Crippen LogP contribution in [-0.2, 0) is 9.53 Å². The number of carboxylic acids is 1. The summed E-state index contributed by atoms with van der Waals surface area (Å²) in [5.41, 5.74) is 0.451. The molecule has 0 saturated carbocycles. The Bertz CT molecular complexity index is 569. The van der Waals surface area contributed by atoms with Crippen molar-refractivity contribution in [3.05, 3.63) is 26.8 Å². The Balaban J connectivity index is 2.13. The predicted octanol–water partition coefficient (Wildman–Crippen LogP) is 2.65. The van der Waals surface area contributed by atoms with Crippen LogP contribution in [0, 0.1) is 3.57 Å². The van der Waals surface area contributed by atoms with Crippen molar-refractivity contribution in [1.82, 2.24) is 4.90 Å². The molecule has 0 aromatic heterocycles. The van der Waals surface area contributed by atoms with Gasteiger partial charge in [0.1, 0.15) is 6.04 Å². The molecule has 2 N–H and O–H groups in total. The van der Waals surface area contributed by atoms with Crippen molar-refractivity contribution < 1.29 is 19.4 Å². The molecule has 1 aliphatic heterocycles. The number of benzene rings is 1. The van der Waals surface area contributed by atoms with E-state index in [2.05, 4.69) is 27.9 Å². The summed E-state index contributed by atoms with van der Waals surface area (Å²) in [5.74, 6) is -1.04. The van der Waals surface area contributed by atoms with Crippen molar-refractivity contribution in [2.75, 3.05) is 19.0 Å². The molecule has 0 radical (unpaired) electrons. The van der Waals surface area contributed by atoms with Crippen molar-refractivity contribution in [3.8, 4) is 0 Å². The third kappa shape index (κ3) is 3.78. The van der Waals surface area contributed by atoms with E-state index in [9.17, 15) is 14.7 Å². The Kier molecular flexibility index (Phi) is 5.28. The molecule has 1 aromatic carbocycles. The number of amides is 2. The van der Waals surface area contributed by atoms with Gasteiger partial charge in [-0.05, 0) is 40.8 Å². The van der Waals surface area contributed by atoms with Crippen molar-refractivity contribution in [3.63, 3.8) is 0 Å². The van der Waals surface area contributed by atoms with Crippen LogP contribution in [0.3, 0.4) is 0 Å². The monoisotopic (exact) mass is 424 g/mol. The Hall–Kier alpha value is -1.06. The number of hydrogen-bond acceptors (Lipinski definition) is 3. The molecule has 1 fully saturated rings. The fraction of sp³-hybridized carbons (Fsp3) is 0.385. The Morgan fingerprint density at radius 2 is 2.24 bits per heavy atom. The van der Waals surface area contributed by atoms with Crippen LogP contribution in [-0.4, -0.2) is 47.8 Å². The summed E-state index contributed by atoms with van der Waals surface area (Å²) in [6.07, 6.45) is 0.00342. The van der Waals surface area contributed by atoms with Crippen LogP contribution in [0.25, 0.3) is 0 Å².